The largest absolute Gasteiger partial charge is 0.316 e. The van der Waals surface area contributed by atoms with Gasteiger partial charge in [0, 0.05) is 18.9 Å². The van der Waals surface area contributed by atoms with Crippen LogP contribution in [0.25, 0.3) is 0 Å². The van der Waals surface area contributed by atoms with Crippen molar-refractivity contribution in [2.24, 2.45) is 5.92 Å². The summed E-state index contributed by atoms with van der Waals surface area (Å²) in [5.41, 5.74) is 0. The van der Waals surface area contributed by atoms with Crippen molar-refractivity contribution in [3.05, 3.63) is 0 Å². The van der Waals surface area contributed by atoms with E-state index in [0.717, 1.165) is 13.1 Å². The van der Waals surface area contributed by atoms with Gasteiger partial charge >= 0.3 is 0 Å². The molecule has 0 fully saturated rings. The number of carbonyl (C=O) groups excluding carboxylic acids is 1. The maximum atomic E-state index is 11.0. The topological polar surface area (TPSA) is 29.1 Å². The molecule has 10 heavy (non-hydrogen) atoms. The minimum absolute atomic E-state index is 0.185. The molecule has 0 aromatic rings. The van der Waals surface area contributed by atoms with Crippen LogP contribution in [0.2, 0.25) is 0 Å². The van der Waals surface area contributed by atoms with Crippen molar-refractivity contribution in [1.29, 1.82) is 0 Å². The van der Waals surface area contributed by atoms with Gasteiger partial charge in [-0.2, -0.15) is 0 Å². The number of carbonyl (C=O) groups is 1. The molecule has 0 radical (unpaired) electrons. The SMILES string of the molecule is CCNCC(C)C(=O)CC. The molecule has 0 aromatic heterocycles. The number of nitrogens with one attached hydrogen (secondary N) is 1. The molecule has 2 nitrogen and oxygen atoms in total. The Balaban J connectivity index is 3.41. The summed E-state index contributed by atoms with van der Waals surface area (Å²) in [6, 6.07) is 0. The summed E-state index contributed by atoms with van der Waals surface area (Å²) < 4.78 is 0. The van der Waals surface area contributed by atoms with Gasteiger partial charge in [0.1, 0.15) is 5.78 Å². The lowest BCUT2D eigenvalue weighted by atomic mass is 10.1. The van der Waals surface area contributed by atoms with E-state index in [9.17, 15) is 4.79 Å². The first-order valence-corrected chi connectivity index (χ1v) is 3.95. The Kier molecular flexibility index (Phi) is 5.22. The summed E-state index contributed by atoms with van der Waals surface area (Å²) in [6.45, 7) is 7.69. The predicted octanol–water partition coefficient (Wildman–Crippen LogP) is 1.21. The first-order chi connectivity index (χ1) is 4.72. The summed E-state index contributed by atoms with van der Waals surface area (Å²) in [5.74, 6) is 0.533. The third-order valence-electron chi connectivity index (χ3n) is 1.60. The van der Waals surface area contributed by atoms with Crippen LogP contribution in [0.15, 0.2) is 0 Å². The zero-order valence-electron chi connectivity index (χ0n) is 7.11. The Labute approximate surface area is 63.0 Å². The van der Waals surface area contributed by atoms with E-state index in [-0.39, 0.29) is 5.92 Å². The molecule has 0 bridgehead atoms. The predicted molar refractivity (Wildman–Crippen MR) is 43.0 cm³/mol. The Morgan fingerprint density at radius 3 is 2.50 bits per heavy atom. The smallest absolute Gasteiger partial charge is 0.136 e. The van der Waals surface area contributed by atoms with Crippen LogP contribution >= 0.6 is 0 Å². The third kappa shape index (κ3) is 3.62. The fourth-order valence-electron chi connectivity index (χ4n) is 0.823. The quantitative estimate of drug-likeness (QED) is 0.626. The molecule has 1 N–H and O–H groups in total. The second kappa shape index (κ2) is 5.42. The van der Waals surface area contributed by atoms with Gasteiger partial charge in [0.05, 0.1) is 0 Å². The molecular weight excluding hydrogens is 126 g/mol. The van der Waals surface area contributed by atoms with E-state index in [2.05, 4.69) is 5.32 Å². The first-order valence-electron chi connectivity index (χ1n) is 3.95. The molecule has 2 heteroatoms. The van der Waals surface area contributed by atoms with Crippen LogP contribution in [0.3, 0.4) is 0 Å². The van der Waals surface area contributed by atoms with Gasteiger partial charge in [-0.05, 0) is 6.54 Å². The van der Waals surface area contributed by atoms with Gasteiger partial charge in [0.15, 0.2) is 0 Å². The van der Waals surface area contributed by atoms with Gasteiger partial charge in [0.25, 0.3) is 0 Å². The highest BCUT2D eigenvalue weighted by Crippen LogP contribution is 1.97. The number of hydrogen-bond donors (Lipinski definition) is 1. The molecule has 0 rings (SSSR count). The molecule has 0 spiro atoms. The number of ketones is 1. The fraction of sp³-hybridized carbons (Fsp3) is 0.875. The molecule has 60 valence electrons. The van der Waals surface area contributed by atoms with Crippen LogP contribution in [0.5, 0.6) is 0 Å². The van der Waals surface area contributed by atoms with Gasteiger partial charge in [0.2, 0.25) is 0 Å². The highest BCUT2D eigenvalue weighted by Gasteiger charge is 2.08. The minimum atomic E-state index is 0.185. The summed E-state index contributed by atoms with van der Waals surface area (Å²) in [5, 5.41) is 3.14. The van der Waals surface area contributed by atoms with Crippen LogP contribution < -0.4 is 5.32 Å². The molecule has 0 aliphatic heterocycles. The zero-order valence-corrected chi connectivity index (χ0v) is 7.11. The molecule has 1 atom stereocenters. The Morgan fingerprint density at radius 1 is 1.50 bits per heavy atom. The van der Waals surface area contributed by atoms with E-state index >= 15 is 0 Å². The van der Waals surface area contributed by atoms with E-state index < -0.39 is 0 Å². The molecular formula is C8H17NO. The molecule has 1 unspecified atom stereocenters. The van der Waals surface area contributed by atoms with Crippen LogP contribution in [0.4, 0.5) is 0 Å². The van der Waals surface area contributed by atoms with E-state index in [1.54, 1.807) is 0 Å². The maximum Gasteiger partial charge on any atom is 0.136 e. The van der Waals surface area contributed by atoms with Crippen LogP contribution in [-0.2, 0) is 4.79 Å². The second-order valence-electron chi connectivity index (χ2n) is 2.53. The summed E-state index contributed by atoms with van der Waals surface area (Å²) >= 11 is 0. The van der Waals surface area contributed by atoms with Crippen LogP contribution in [-0.4, -0.2) is 18.9 Å². The van der Waals surface area contributed by atoms with E-state index in [1.807, 2.05) is 20.8 Å². The van der Waals surface area contributed by atoms with E-state index in [4.69, 9.17) is 0 Å². The minimum Gasteiger partial charge on any atom is -0.316 e. The van der Waals surface area contributed by atoms with Gasteiger partial charge < -0.3 is 5.32 Å². The van der Waals surface area contributed by atoms with Crippen molar-refractivity contribution in [3.63, 3.8) is 0 Å². The average Bonchev–Trinajstić information content (AvgIpc) is 1.98. The zero-order chi connectivity index (χ0) is 7.98. The summed E-state index contributed by atoms with van der Waals surface area (Å²) in [4.78, 5) is 11.0. The normalized spacial score (nSPS) is 13.1. The molecule has 0 heterocycles. The average molecular weight is 143 g/mol. The Bertz CT molecular complexity index is 101. The lowest BCUT2D eigenvalue weighted by Crippen LogP contribution is -2.25. The highest BCUT2D eigenvalue weighted by molar-refractivity contribution is 5.80. The Morgan fingerprint density at radius 2 is 2.10 bits per heavy atom. The lowest BCUT2D eigenvalue weighted by Gasteiger charge is -2.08. The van der Waals surface area contributed by atoms with E-state index in [0.29, 0.717) is 12.2 Å². The third-order valence-corrected chi connectivity index (χ3v) is 1.60. The second-order valence-corrected chi connectivity index (χ2v) is 2.53. The summed E-state index contributed by atoms with van der Waals surface area (Å²) in [6.07, 6.45) is 0.659. The standard InChI is InChI=1S/C8H17NO/c1-4-8(10)7(3)6-9-5-2/h7,9H,4-6H2,1-3H3. The fourth-order valence-corrected chi connectivity index (χ4v) is 0.823. The van der Waals surface area contributed by atoms with Crippen molar-refractivity contribution in [1.82, 2.24) is 5.32 Å². The molecule has 0 aromatic carbocycles. The first kappa shape index (κ1) is 9.63. The lowest BCUT2D eigenvalue weighted by molar-refractivity contribution is -0.121. The van der Waals surface area contributed by atoms with Crippen LogP contribution in [0, 0.1) is 5.92 Å². The molecule has 0 amide bonds. The maximum absolute atomic E-state index is 11.0. The van der Waals surface area contributed by atoms with Crippen molar-refractivity contribution < 1.29 is 4.79 Å². The van der Waals surface area contributed by atoms with Crippen molar-refractivity contribution in [2.75, 3.05) is 13.1 Å². The van der Waals surface area contributed by atoms with Gasteiger partial charge in [-0.3, -0.25) is 4.79 Å². The van der Waals surface area contributed by atoms with Gasteiger partial charge in [-0.15, -0.1) is 0 Å². The molecule has 0 aliphatic rings. The summed E-state index contributed by atoms with van der Waals surface area (Å²) in [7, 11) is 0. The van der Waals surface area contributed by atoms with Crippen molar-refractivity contribution >= 4 is 5.78 Å². The molecule has 0 saturated carbocycles. The number of hydrogen-bond acceptors (Lipinski definition) is 2. The van der Waals surface area contributed by atoms with Crippen molar-refractivity contribution in [3.8, 4) is 0 Å². The number of rotatable bonds is 5. The monoisotopic (exact) mass is 143 g/mol. The Hall–Kier alpha value is -0.370. The van der Waals surface area contributed by atoms with Crippen molar-refractivity contribution in [2.45, 2.75) is 27.2 Å². The number of Topliss-reactive ketones (excluding diaryl/α,β-unsaturated/α-hetero) is 1. The molecule has 0 saturated heterocycles. The van der Waals surface area contributed by atoms with E-state index in [1.165, 1.54) is 0 Å². The van der Waals surface area contributed by atoms with Gasteiger partial charge in [-0.1, -0.05) is 20.8 Å². The van der Waals surface area contributed by atoms with Crippen LogP contribution in [0.1, 0.15) is 27.2 Å². The molecule has 0 aliphatic carbocycles. The van der Waals surface area contributed by atoms with Gasteiger partial charge in [-0.25, -0.2) is 0 Å². The highest BCUT2D eigenvalue weighted by atomic mass is 16.1.